The number of halogens is 2. The Labute approximate surface area is 119 Å². The molecule has 1 N–H and O–H groups in total. The number of hydrogen-bond donors (Lipinski definition) is 1. The summed E-state index contributed by atoms with van der Waals surface area (Å²) in [6.45, 7) is 3.83. The topological polar surface area (TPSA) is 12.0 Å². The molecule has 0 amide bonds. The van der Waals surface area contributed by atoms with E-state index >= 15 is 0 Å². The summed E-state index contributed by atoms with van der Waals surface area (Å²) < 4.78 is 14.1. The van der Waals surface area contributed by atoms with Gasteiger partial charge in [0, 0.05) is 20.8 Å². The zero-order valence-electron chi connectivity index (χ0n) is 10.2. The monoisotopic (exact) mass is 327 g/mol. The second-order valence-corrected chi connectivity index (χ2v) is 6.37. The Kier molecular flexibility index (Phi) is 4.92. The lowest BCUT2D eigenvalue weighted by Gasteiger charge is -2.03. The van der Waals surface area contributed by atoms with E-state index in [0.717, 1.165) is 25.1 Å². The third kappa shape index (κ3) is 3.90. The van der Waals surface area contributed by atoms with Crippen LogP contribution in [0, 0.1) is 12.7 Å². The molecule has 0 aliphatic carbocycles. The molecule has 4 heteroatoms. The van der Waals surface area contributed by atoms with Gasteiger partial charge < -0.3 is 5.32 Å². The van der Waals surface area contributed by atoms with Gasteiger partial charge in [0.05, 0.1) is 0 Å². The van der Waals surface area contributed by atoms with Crippen molar-refractivity contribution >= 4 is 27.3 Å². The molecule has 0 aliphatic heterocycles. The van der Waals surface area contributed by atoms with E-state index in [1.165, 1.54) is 20.3 Å². The Bertz CT molecular complexity index is 505. The number of hydrogen-bond acceptors (Lipinski definition) is 2. The maximum atomic E-state index is 13.0. The predicted molar refractivity (Wildman–Crippen MR) is 78.6 cm³/mol. The highest BCUT2D eigenvalue weighted by Gasteiger charge is 2.02. The van der Waals surface area contributed by atoms with Crippen LogP contribution in [0.15, 0.2) is 34.8 Å². The first-order valence-electron chi connectivity index (χ1n) is 5.85. The smallest absolute Gasteiger partial charge is 0.123 e. The van der Waals surface area contributed by atoms with Crippen molar-refractivity contribution in [2.45, 2.75) is 19.9 Å². The Morgan fingerprint density at radius 2 is 2.17 bits per heavy atom. The molecule has 0 aliphatic rings. The lowest BCUT2D eigenvalue weighted by Crippen LogP contribution is -2.15. The van der Waals surface area contributed by atoms with E-state index in [0.29, 0.717) is 0 Å². The molecule has 0 spiro atoms. The number of benzene rings is 1. The van der Waals surface area contributed by atoms with Gasteiger partial charge in [-0.05, 0) is 59.6 Å². The highest BCUT2D eigenvalue weighted by molar-refractivity contribution is 9.10. The number of nitrogens with one attached hydrogen (secondary N) is 1. The van der Waals surface area contributed by atoms with E-state index in [4.69, 9.17) is 0 Å². The van der Waals surface area contributed by atoms with Gasteiger partial charge in [-0.1, -0.05) is 12.1 Å². The molecule has 1 heterocycles. The molecule has 1 nitrogen and oxygen atoms in total. The summed E-state index contributed by atoms with van der Waals surface area (Å²) in [5.41, 5.74) is 1.03. The summed E-state index contributed by atoms with van der Waals surface area (Å²) in [5, 5.41) is 3.38. The van der Waals surface area contributed by atoms with E-state index in [1.807, 2.05) is 6.07 Å². The molecule has 2 aromatic rings. The molecule has 0 saturated heterocycles. The van der Waals surface area contributed by atoms with Crippen LogP contribution in [0.5, 0.6) is 0 Å². The molecular weight excluding hydrogens is 313 g/mol. The van der Waals surface area contributed by atoms with Gasteiger partial charge in [0.15, 0.2) is 0 Å². The third-order valence-corrected chi connectivity index (χ3v) is 4.82. The lowest BCUT2D eigenvalue weighted by atomic mass is 10.1. The van der Waals surface area contributed by atoms with Crippen molar-refractivity contribution < 1.29 is 4.39 Å². The lowest BCUT2D eigenvalue weighted by molar-refractivity contribution is 0.623. The normalized spacial score (nSPS) is 10.8. The van der Waals surface area contributed by atoms with Gasteiger partial charge in [0.2, 0.25) is 0 Å². The average Bonchev–Trinajstić information content (AvgIpc) is 2.65. The quantitative estimate of drug-likeness (QED) is 0.808. The molecule has 96 valence electrons. The summed E-state index contributed by atoms with van der Waals surface area (Å²) in [6.07, 6.45) is 0.850. The fourth-order valence-electron chi connectivity index (χ4n) is 1.74. The summed E-state index contributed by atoms with van der Waals surface area (Å²) in [6, 6.07) is 8.92. The molecule has 18 heavy (non-hydrogen) atoms. The first-order chi connectivity index (χ1) is 8.65. The maximum absolute atomic E-state index is 13.0. The van der Waals surface area contributed by atoms with E-state index in [9.17, 15) is 4.39 Å². The van der Waals surface area contributed by atoms with Crippen molar-refractivity contribution in [3.8, 4) is 0 Å². The van der Waals surface area contributed by atoms with Gasteiger partial charge in [0.25, 0.3) is 0 Å². The first kappa shape index (κ1) is 13.7. The first-order valence-corrected chi connectivity index (χ1v) is 7.46. The Morgan fingerprint density at radius 1 is 1.33 bits per heavy atom. The van der Waals surface area contributed by atoms with Crippen LogP contribution in [-0.4, -0.2) is 6.54 Å². The maximum Gasteiger partial charge on any atom is 0.123 e. The largest absolute Gasteiger partial charge is 0.312 e. The molecule has 0 saturated carbocycles. The highest BCUT2D eigenvalue weighted by atomic mass is 79.9. The van der Waals surface area contributed by atoms with Crippen LogP contribution >= 0.6 is 27.3 Å². The zero-order valence-corrected chi connectivity index (χ0v) is 12.6. The van der Waals surface area contributed by atoms with Gasteiger partial charge in [0.1, 0.15) is 5.82 Å². The van der Waals surface area contributed by atoms with Gasteiger partial charge in [-0.2, -0.15) is 0 Å². The SMILES string of the molecule is Cc1sc(CNCCc2cccc(F)c2)cc1Br. The van der Waals surface area contributed by atoms with Crippen molar-refractivity contribution in [1.82, 2.24) is 5.32 Å². The molecular formula is C14H15BrFNS. The van der Waals surface area contributed by atoms with Crippen LogP contribution in [0.25, 0.3) is 0 Å². The minimum Gasteiger partial charge on any atom is -0.312 e. The number of aryl methyl sites for hydroxylation is 1. The number of thiophene rings is 1. The summed E-state index contributed by atoms with van der Waals surface area (Å²) in [5.74, 6) is -0.162. The van der Waals surface area contributed by atoms with Gasteiger partial charge in [-0.15, -0.1) is 11.3 Å². The summed E-state index contributed by atoms with van der Waals surface area (Å²) in [7, 11) is 0. The Balaban J connectivity index is 1.76. The molecule has 0 radical (unpaired) electrons. The van der Waals surface area contributed by atoms with Crippen molar-refractivity contribution in [1.29, 1.82) is 0 Å². The number of rotatable bonds is 5. The van der Waals surface area contributed by atoms with Gasteiger partial charge in [-0.25, -0.2) is 4.39 Å². The predicted octanol–water partition coefficient (Wildman–Crippen LogP) is 4.29. The van der Waals surface area contributed by atoms with Crippen LogP contribution in [0.2, 0.25) is 0 Å². The Morgan fingerprint density at radius 3 is 2.83 bits per heavy atom. The van der Waals surface area contributed by atoms with E-state index in [-0.39, 0.29) is 5.82 Å². The molecule has 0 bridgehead atoms. The van der Waals surface area contributed by atoms with E-state index < -0.39 is 0 Å². The van der Waals surface area contributed by atoms with Crippen LogP contribution in [0.4, 0.5) is 4.39 Å². The highest BCUT2D eigenvalue weighted by Crippen LogP contribution is 2.25. The minimum atomic E-state index is -0.162. The van der Waals surface area contributed by atoms with Crippen LogP contribution in [0.1, 0.15) is 15.3 Å². The zero-order chi connectivity index (χ0) is 13.0. The van der Waals surface area contributed by atoms with Crippen molar-refractivity contribution in [3.05, 3.63) is 55.9 Å². The van der Waals surface area contributed by atoms with Crippen molar-refractivity contribution in [2.24, 2.45) is 0 Å². The Hall–Kier alpha value is -0.710. The third-order valence-electron chi connectivity index (χ3n) is 2.69. The molecule has 1 aromatic carbocycles. The van der Waals surface area contributed by atoms with E-state index in [1.54, 1.807) is 23.5 Å². The van der Waals surface area contributed by atoms with Crippen molar-refractivity contribution in [2.75, 3.05) is 6.54 Å². The second-order valence-electron chi connectivity index (χ2n) is 4.17. The standard InChI is InChI=1S/C14H15BrFNS/c1-10-14(15)8-13(18-10)9-17-6-5-11-3-2-4-12(16)7-11/h2-4,7-8,17H,5-6,9H2,1H3. The second kappa shape index (κ2) is 6.45. The molecule has 2 rings (SSSR count). The molecule has 0 unspecified atom stereocenters. The van der Waals surface area contributed by atoms with Crippen molar-refractivity contribution in [3.63, 3.8) is 0 Å². The minimum absolute atomic E-state index is 0.162. The average molecular weight is 328 g/mol. The van der Waals surface area contributed by atoms with Crippen LogP contribution in [-0.2, 0) is 13.0 Å². The van der Waals surface area contributed by atoms with Gasteiger partial charge >= 0.3 is 0 Å². The summed E-state index contributed by atoms with van der Waals surface area (Å²) >= 11 is 5.30. The van der Waals surface area contributed by atoms with Gasteiger partial charge in [-0.3, -0.25) is 0 Å². The van der Waals surface area contributed by atoms with Crippen LogP contribution in [0.3, 0.4) is 0 Å². The van der Waals surface area contributed by atoms with E-state index in [2.05, 4.69) is 34.2 Å². The molecule has 0 atom stereocenters. The summed E-state index contributed by atoms with van der Waals surface area (Å²) in [4.78, 5) is 2.62. The fourth-order valence-corrected chi connectivity index (χ4v) is 3.31. The molecule has 1 aromatic heterocycles. The van der Waals surface area contributed by atoms with Crippen LogP contribution < -0.4 is 5.32 Å². The molecule has 0 fully saturated rings. The fraction of sp³-hybridized carbons (Fsp3) is 0.286.